The maximum Gasteiger partial charge on any atom is 0.231 e. The van der Waals surface area contributed by atoms with Gasteiger partial charge in [-0.15, -0.1) is 11.3 Å². The van der Waals surface area contributed by atoms with Crippen LogP contribution in [0, 0.1) is 5.92 Å². The maximum atomic E-state index is 12.1. The fourth-order valence-electron chi connectivity index (χ4n) is 2.82. The normalized spacial score (nSPS) is 21.9. The van der Waals surface area contributed by atoms with E-state index in [0.29, 0.717) is 17.7 Å². The number of carbonyl (C=O) groups excluding carboxylic acids is 1. The molecular weight excluding hydrogens is 286 g/mol. The Morgan fingerprint density at radius 1 is 1.43 bits per heavy atom. The summed E-state index contributed by atoms with van der Waals surface area (Å²) in [6.07, 6.45) is 3.77. The highest BCUT2D eigenvalue weighted by Crippen LogP contribution is 2.34. The lowest BCUT2D eigenvalue weighted by Gasteiger charge is -2.14. The summed E-state index contributed by atoms with van der Waals surface area (Å²) in [5.74, 6) is 2.24. The highest BCUT2D eigenvalue weighted by atomic mass is 32.1. The van der Waals surface area contributed by atoms with Crippen molar-refractivity contribution in [2.45, 2.75) is 31.6 Å². The lowest BCUT2D eigenvalue weighted by molar-refractivity contribution is -0.131. The molecule has 6 heteroatoms. The fourth-order valence-corrected chi connectivity index (χ4v) is 3.53. The molecule has 1 saturated carbocycles. The van der Waals surface area contributed by atoms with Gasteiger partial charge in [0.05, 0.1) is 5.92 Å². The number of rotatable bonds is 4. The van der Waals surface area contributed by atoms with Gasteiger partial charge >= 0.3 is 0 Å². The Hall–Kier alpha value is -1.69. The molecular formula is C15H17N3O2S. The largest absolute Gasteiger partial charge is 0.342 e. The molecule has 2 aromatic heterocycles. The second-order valence-electron chi connectivity index (χ2n) is 5.85. The monoisotopic (exact) mass is 303 g/mol. The predicted octanol–water partition coefficient (Wildman–Crippen LogP) is 2.45. The highest BCUT2D eigenvalue weighted by molar-refractivity contribution is 7.09. The summed E-state index contributed by atoms with van der Waals surface area (Å²) in [7, 11) is 0. The molecule has 1 amide bonds. The van der Waals surface area contributed by atoms with Gasteiger partial charge in [0.2, 0.25) is 11.8 Å². The molecule has 1 atom stereocenters. The molecule has 0 N–H and O–H groups in total. The maximum absolute atomic E-state index is 12.1. The first-order valence-electron chi connectivity index (χ1n) is 7.43. The Morgan fingerprint density at radius 3 is 3.10 bits per heavy atom. The Balaban J connectivity index is 1.40. The van der Waals surface area contributed by atoms with Crippen LogP contribution >= 0.6 is 11.3 Å². The van der Waals surface area contributed by atoms with Crippen LogP contribution in [-0.4, -0.2) is 34.0 Å². The summed E-state index contributed by atoms with van der Waals surface area (Å²) >= 11 is 1.70. The number of carbonyl (C=O) groups is 1. The topological polar surface area (TPSA) is 59.2 Å². The minimum Gasteiger partial charge on any atom is -0.342 e. The molecule has 1 aliphatic carbocycles. The van der Waals surface area contributed by atoms with Gasteiger partial charge in [-0.25, -0.2) is 0 Å². The van der Waals surface area contributed by atoms with Crippen LogP contribution in [0.2, 0.25) is 0 Å². The molecule has 2 aliphatic rings. The molecule has 2 fully saturated rings. The average Bonchev–Trinajstić information content (AvgIpc) is 2.93. The molecule has 5 nitrogen and oxygen atoms in total. The zero-order valence-corrected chi connectivity index (χ0v) is 12.5. The van der Waals surface area contributed by atoms with Crippen molar-refractivity contribution in [2.24, 2.45) is 5.92 Å². The molecule has 0 spiro atoms. The van der Waals surface area contributed by atoms with Gasteiger partial charge < -0.3 is 9.42 Å². The molecule has 4 rings (SSSR count). The zero-order chi connectivity index (χ0) is 14.2. The first-order chi connectivity index (χ1) is 10.3. The third-order valence-corrected chi connectivity index (χ3v) is 5.05. The van der Waals surface area contributed by atoms with Crippen LogP contribution in [-0.2, 0) is 11.2 Å². The molecule has 1 saturated heterocycles. The second kappa shape index (κ2) is 5.26. The van der Waals surface area contributed by atoms with Crippen molar-refractivity contribution in [3.63, 3.8) is 0 Å². The number of amides is 1. The van der Waals surface area contributed by atoms with Crippen LogP contribution in [0.1, 0.15) is 41.8 Å². The quantitative estimate of drug-likeness (QED) is 0.870. The van der Waals surface area contributed by atoms with Crippen molar-refractivity contribution in [3.8, 4) is 0 Å². The molecule has 21 heavy (non-hydrogen) atoms. The third kappa shape index (κ3) is 2.72. The summed E-state index contributed by atoms with van der Waals surface area (Å²) in [5, 5.41) is 6.12. The number of nitrogens with zero attached hydrogens (tertiary/aromatic N) is 3. The minimum atomic E-state index is 0.206. The molecule has 1 aliphatic heterocycles. The van der Waals surface area contributed by atoms with E-state index in [2.05, 4.69) is 21.6 Å². The van der Waals surface area contributed by atoms with Gasteiger partial charge in [-0.05, 0) is 30.7 Å². The van der Waals surface area contributed by atoms with Gasteiger partial charge in [0, 0.05) is 30.3 Å². The lowest BCUT2D eigenvalue weighted by Crippen LogP contribution is -2.29. The van der Waals surface area contributed by atoms with Crippen molar-refractivity contribution < 1.29 is 9.32 Å². The number of thiophene rings is 1. The van der Waals surface area contributed by atoms with Crippen LogP contribution in [0.4, 0.5) is 0 Å². The van der Waals surface area contributed by atoms with Crippen LogP contribution in [0.15, 0.2) is 22.0 Å². The van der Waals surface area contributed by atoms with Crippen LogP contribution in [0.3, 0.4) is 0 Å². The molecule has 2 aromatic rings. The van der Waals surface area contributed by atoms with Crippen LogP contribution < -0.4 is 0 Å². The van der Waals surface area contributed by atoms with E-state index in [1.165, 1.54) is 4.88 Å². The Bertz CT molecular complexity index is 633. The summed E-state index contributed by atoms with van der Waals surface area (Å²) in [6.45, 7) is 1.55. The van der Waals surface area contributed by atoms with Crippen LogP contribution in [0.25, 0.3) is 0 Å². The van der Waals surface area contributed by atoms with E-state index >= 15 is 0 Å². The van der Waals surface area contributed by atoms with Crippen molar-refractivity contribution in [2.75, 3.05) is 13.1 Å². The van der Waals surface area contributed by atoms with E-state index in [1.807, 2.05) is 11.0 Å². The first kappa shape index (κ1) is 13.0. The highest BCUT2D eigenvalue weighted by Gasteiger charge is 2.38. The molecule has 0 radical (unpaired) electrons. The number of likely N-dealkylation sites (tertiary alicyclic amines) is 1. The van der Waals surface area contributed by atoms with Gasteiger partial charge in [-0.2, -0.15) is 4.98 Å². The van der Waals surface area contributed by atoms with Crippen molar-refractivity contribution in [3.05, 3.63) is 34.1 Å². The van der Waals surface area contributed by atoms with Gasteiger partial charge in [-0.3, -0.25) is 4.79 Å². The molecule has 3 heterocycles. The first-order valence-corrected chi connectivity index (χ1v) is 8.31. The van der Waals surface area contributed by atoms with Gasteiger partial charge in [0.1, 0.15) is 0 Å². The second-order valence-corrected chi connectivity index (χ2v) is 6.88. The van der Waals surface area contributed by atoms with E-state index in [4.69, 9.17) is 4.52 Å². The van der Waals surface area contributed by atoms with Crippen LogP contribution in [0.5, 0.6) is 0 Å². The lowest BCUT2D eigenvalue weighted by atomic mass is 10.1. The smallest absolute Gasteiger partial charge is 0.231 e. The number of aromatic nitrogens is 2. The van der Waals surface area contributed by atoms with Crippen molar-refractivity contribution in [1.29, 1.82) is 0 Å². The summed E-state index contributed by atoms with van der Waals surface area (Å²) < 4.78 is 5.41. The van der Waals surface area contributed by atoms with E-state index in [1.54, 1.807) is 11.3 Å². The average molecular weight is 303 g/mol. The number of hydrogen-bond acceptors (Lipinski definition) is 5. The Kier molecular flexibility index (Phi) is 3.25. The van der Waals surface area contributed by atoms with E-state index in [9.17, 15) is 4.79 Å². The van der Waals surface area contributed by atoms with Gasteiger partial charge in [0.15, 0.2) is 5.82 Å². The molecule has 1 unspecified atom stereocenters. The molecule has 0 bridgehead atoms. The zero-order valence-electron chi connectivity index (χ0n) is 11.7. The molecule has 110 valence electrons. The van der Waals surface area contributed by atoms with E-state index in [0.717, 1.165) is 44.6 Å². The van der Waals surface area contributed by atoms with E-state index < -0.39 is 0 Å². The van der Waals surface area contributed by atoms with Gasteiger partial charge in [0.25, 0.3) is 0 Å². The Labute approximate surface area is 127 Å². The van der Waals surface area contributed by atoms with Gasteiger partial charge in [-0.1, -0.05) is 11.2 Å². The Morgan fingerprint density at radius 2 is 2.33 bits per heavy atom. The fraction of sp³-hybridized carbons (Fsp3) is 0.533. The predicted molar refractivity (Wildman–Crippen MR) is 78.1 cm³/mol. The standard InChI is InChI=1S/C15H17N3O2S/c19-15(10-3-4-10)18-6-5-11(9-18)14-16-13(17-20-14)8-12-2-1-7-21-12/h1-2,7,10-11H,3-6,8-9H2. The van der Waals surface area contributed by atoms with Crippen molar-refractivity contribution in [1.82, 2.24) is 15.0 Å². The summed E-state index contributed by atoms with van der Waals surface area (Å²) in [6, 6.07) is 4.10. The summed E-state index contributed by atoms with van der Waals surface area (Å²) in [4.78, 5) is 19.8. The number of hydrogen-bond donors (Lipinski definition) is 0. The summed E-state index contributed by atoms with van der Waals surface area (Å²) in [5.41, 5.74) is 0. The SMILES string of the molecule is O=C(C1CC1)N1CCC(c2nc(Cc3cccs3)no2)C1. The minimum absolute atomic E-state index is 0.206. The molecule has 0 aromatic carbocycles. The van der Waals surface area contributed by atoms with Crippen molar-refractivity contribution >= 4 is 17.2 Å². The van der Waals surface area contributed by atoms with E-state index in [-0.39, 0.29) is 5.92 Å². The third-order valence-electron chi connectivity index (χ3n) is 4.17.